The highest BCUT2D eigenvalue weighted by Crippen LogP contribution is 2.32. The number of carbonyl (C=O) groups is 1. The molecule has 0 aliphatic heterocycles. The van der Waals surface area contributed by atoms with E-state index in [9.17, 15) is 13.2 Å². The number of benzene rings is 1. The lowest BCUT2D eigenvalue weighted by molar-refractivity contribution is 0.0978. The number of amides is 1. The Kier molecular flexibility index (Phi) is 6.37. The minimum atomic E-state index is -4.10. The number of carbonyl (C=O) groups excluding carboxylic acids is 1. The molecule has 1 N–H and O–H groups in total. The number of ether oxygens (including phenoxy) is 1. The first-order chi connectivity index (χ1) is 14.9. The standard InChI is InChI=1S/C24H27N3O4S/c1-15-12-16(2)21(17(3)13-15)31-23-19(9-10-20(26-23)24(4,5)6)22(28)27-32(29,30)18-8-7-11-25-14-18/h7-14H,1-6H3,(H,27,28). The van der Waals surface area contributed by atoms with Gasteiger partial charge in [0.25, 0.3) is 15.9 Å². The molecule has 1 amide bonds. The van der Waals surface area contributed by atoms with E-state index < -0.39 is 15.9 Å². The highest BCUT2D eigenvalue weighted by Gasteiger charge is 2.25. The van der Waals surface area contributed by atoms with E-state index in [4.69, 9.17) is 4.74 Å². The Morgan fingerprint density at radius 3 is 2.25 bits per heavy atom. The van der Waals surface area contributed by atoms with E-state index in [0.717, 1.165) is 16.7 Å². The van der Waals surface area contributed by atoms with E-state index in [1.165, 1.54) is 30.6 Å². The van der Waals surface area contributed by atoms with Crippen LogP contribution < -0.4 is 9.46 Å². The van der Waals surface area contributed by atoms with Crippen LogP contribution in [0.15, 0.2) is 53.7 Å². The number of pyridine rings is 2. The third-order valence-corrected chi connectivity index (χ3v) is 6.16. The van der Waals surface area contributed by atoms with Crippen molar-refractivity contribution in [2.45, 2.75) is 51.9 Å². The molecular formula is C24H27N3O4S. The van der Waals surface area contributed by atoms with E-state index in [2.05, 4.69) is 14.7 Å². The van der Waals surface area contributed by atoms with Crippen molar-refractivity contribution < 1.29 is 17.9 Å². The first-order valence-electron chi connectivity index (χ1n) is 10.1. The van der Waals surface area contributed by atoms with E-state index >= 15 is 0 Å². The fraction of sp³-hybridized carbons (Fsp3) is 0.292. The van der Waals surface area contributed by atoms with Crippen LogP contribution in [-0.2, 0) is 15.4 Å². The van der Waals surface area contributed by atoms with Gasteiger partial charge < -0.3 is 4.74 Å². The molecule has 0 aliphatic rings. The summed E-state index contributed by atoms with van der Waals surface area (Å²) < 4.78 is 33.5. The Hall–Kier alpha value is -3.26. The van der Waals surface area contributed by atoms with Gasteiger partial charge in [-0.2, -0.15) is 0 Å². The molecule has 8 heteroatoms. The summed E-state index contributed by atoms with van der Waals surface area (Å²) >= 11 is 0. The molecule has 0 spiro atoms. The van der Waals surface area contributed by atoms with Gasteiger partial charge in [-0.1, -0.05) is 38.5 Å². The summed E-state index contributed by atoms with van der Waals surface area (Å²) in [6.07, 6.45) is 2.63. The summed E-state index contributed by atoms with van der Waals surface area (Å²) in [6, 6.07) is 10.0. The van der Waals surface area contributed by atoms with Gasteiger partial charge in [0.15, 0.2) is 0 Å². The van der Waals surface area contributed by atoms with Gasteiger partial charge >= 0.3 is 0 Å². The zero-order chi connectivity index (χ0) is 23.7. The van der Waals surface area contributed by atoms with Crippen LogP contribution in [0.4, 0.5) is 0 Å². The number of rotatable bonds is 5. The monoisotopic (exact) mass is 453 g/mol. The van der Waals surface area contributed by atoms with Crippen LogP contribution in [0.2, 0.25) is 0 Å². The number of hydrogen-bond acceptors (Lipinski definition) is 6. The van der Waals surface area contributed by atoms with Crippen LogP contribution in [0.3, 0.4) is 0 Å². The SMILES string of the molecule is Cc1cc(C)c(Oc2nc(C(C)(C)C)ccc2C(=O)NS(=O)(=O)c2cccnc2)c(C)c1. The third kappa shape index (κ3) is 5.13. The molecule has 2 aromatic heterocycles. The van der Waals surface area contributed by atoms with Gasteiger partial charge in [-0.25, -0.2) is 18.1 Å². The molecule has 0 saturated heterocycles. The maximum absolute atomic E-state index is 13.0. The molecule has 168 valence electrons. The number of sulfonamides is 1. The van der Waals surface area contributed by atoms with Crippen LogP contribution in [0.5, 0.6) is 11.6 Å². The Labute approximate surface area is 188 Å². The summed E-state index contributed by atoms with van der Waals surface area (Å²) in [6.45, 7) is 11.8. The van der Waals surface area contributed by atoms with Gasteiger partial charge in [-0.15, -0.1) is 0 Å². The van der Waals surface area contributed by atoms with Crippen molar-refractivity contribution in [2.24, 2.45) is 0 Å². The minimum absolute atomic E-state index is 0.0184. The molecule has 1 aromatic carbocycles. The second kappa shape index (κ2) is 8.70. The molecule has 32 heavy (non-hydrogen) atoms. The molecule has 2 heterocycles. The topological polar surface area (TPSA) is 98.2 Å². The second-order valence-electron chi connectivity index (χ2n) is 8.75. The number of aryl methyl sites for hydroxylation is 3. The van der Waals surface area contributed by atoms with Gasteiger partial charge in [0.2, 0.25) is 5.88 Å². The maximum atomic E-state index is 13.0. The number of nitrogens with zero attached hydrogens (tertiary/aromatic N) is 2. The Bertz CT molecular complexity index is 1240. The number of nitrogens with one attached hydrogen (secondary N) is 1. The molecule has 0 atom stereocenters. The average Bonchev–Trinajstić information content (AvgIpc) is 2.70. The molecule has 3 rings (SSSR count). The first kappa shape index (κ1) is 23.4. The predicted octanol–water partition coefficient (Wildman–Crippen LogP) is 4.61. The maximum Gasteiger partial charge on any atom is 0.270 e. The van der Waals surface area contributed by atoms with E-state index in [-0.39, 0.29) is 21.8 Å². The largest absolute Gasteiger partial charge is 0.438 e. The highest BCUT2D eigenvalue weighted by molar-refractivity contribution is 7.90. The quantitative estimate of drug-likeness (QED) is 0.606. The lowest BCUT2D eigenvalue weighted by atomic mass is 9.91. The summed E-state index contributed by atoms with van der Waals surface area (Å²) in [5, 5.41) is 0. The van der Waals surface area contributed by atoms with Crippen LogP contribution in [-0.4, -0.2) is 24.3 Å². The van der Waals surface area contributed by atoms with Crippen molar-refractivity contribution in [1.82, 2.24) is 14.7 Å². The molecular weight excluding hydrogens is 426 g/mol. The van der Waals surface area contributed by atoms with Gasteiger partial charge in [0, 0.05) is 23.5 Å². The minimum Gasteiger partial charge on any atom is -0.438 e. The molecule has 0 aliphatic carbocycles. The van der Waals surface area contributed by atoms with Crippen LogP contribution in [0, 0.1) is 20.8 Å². The molecule has 0 fully saturated rings. The fourth-order valence-electron chi connectivity index (χ4n) is 3.28. The van der Waals surface area contributed by atoms with Crippen LogP contribution >= 0.6 is 0 Å². The van der Waals surface area contributed by atoms with Crippen molar-refractivity contribution in [3.63, 3.8) is 0 Å². The van der Waals surface area contributed by atoms with E-state index in [1.807, 2.05) is 53.7 Å². The van der Waals surface area contributed by atoms with E-state index in [0.29, 0.717) is 11.4 Å². The molecule has 0 saturated carbocycles. The van der Waals surface area contributed by atoms with Crippen molar-refractivity contribution >= 4 is 15.9 Å². The number of hydrogen-bond donors (Lipinski definition) is 1. The van der Waals surface area contributed by atoms with Gasteiger partial charge in [-0.3, -0.25) is 9.78 Å². The van der Waals surface area contributed by atoms with E-state index in [1.54, 1.807) is 6.07 Å². The summed E-state index contributed by atoms with van der Waals surface area (Å²) in [4.78, 5) is 21.3. The summed E-state index contributed by atoms with van der Waals surface area (Å²) in [5.74, 6) is -0.205. The van der Waals surface area contributed by atoms with Crippen molar-refractivity contribution in [3.8, 4) is 11.6 Å². The predicted molar refractivity (Wildman–Crippen MR) is 123 cm³/mol. The Balaban J connectivity index is 2.05. The van der Waals surface area contributed by atoms with Crippen molar-refractivity contribution in [3.05, 3.63) is 76.7 Å². The van der Waals surface area contributed by atoms with Gasteiger partial charge in [0.05, 0.1) is 0 Å². The highest BCUT2D eigenvalue weighted by atomic mass is 32.2. The molecule has 0 radical (unpaired) electrons. The lowest BCUT2D eigenvalue weighted by Crippen LogP contribution is -2.31. The van der Waals surface area contributed by atoms with Gasteiger partial charge in [-0.05, 0) is 56.2 Å². The average molecular weight is 454 g/mol. The first-order valence-corrected chi connectivity index (χ1v) is 11.6. The molecule has 0 unspecified atom stereocenters. The normalized spacial score (nSPS) is 11.8. The molecule has 7 nitrogen and oxygen atoms in total. The smallest absolute Gasteiger partial charge is 0.270 e. The fourth-order valence-corrected chi connectivity index (χ4v) is 4.20. The zero-order valence-corrected chi connectivity index (χ0v) is 19.9. The van der Waals surface area contributed by atoms with Crippen molar-refractivity contribution in [1.29, 1.82) is 0 Å². The lowest BCUT2D eigenvalue weighted by Gasteiger charge is -2.21. The Morgan fingerprint density at radius 1 is 1.03 bits per heavy atom. The summed E-state index contributed by atoms with van der Waals surface area (Å²) in [7, 11) is -4.10. The third-order valence-electron chi connectivity index (χ3n) is 4.85. The molecule has 3 aromatic rings. The van der Waals surface area contributed by atoms with Crippen molar-refractivity contribution in [2.75, 3.05) is 0 Å². The number of aromatic nitrogens is 2. The van der Waals surface area contributed by atoms with Gasteiger partial charge in [0.1, 0.15) is 16.2 Å². The second-order valence-corrected chi connectivity index (χ2v) is 10.4. The van der Waals surface area contributed by atoms with Crippen LogP contribution in [0.25, 0.3) is 0 Å². The molecule has 0 bridgehead atoms. The zero-order valence-electron chi connectivity index (χ0n) is 19.1. The van der Waals surface area contributed by atoms with Crippen LogP contribution in [0.1, 0.15) is 53.5 Å². The summed E-state index contributed by atoms with van der Waals surface area (Å²) in [5.41, 5.74) is 3.29. The Morgan fingerprint density at radius 2 is 1.69 bits per heavy atom.